The van der Waals surface area contributed by atoms with Gasteiger partial charge in [-0.05, 0) is 0 Å². The van der Waals surface area contributed by atoms with Crippen LogP contribution in [0.25, 0.3) is 0 Å². The van der Waals surface area contributed by atoms with Gasteiger partial charge in [-0.15, -0.1) is 6.58 Å². The Labute approximate surface area is 107 Å². The first-order valence-electron chi connectivity index (χ1n) is 3.74. The zero-order chi connectivity index (χ0) is 13.4. The van der Waals surface area contributed by atoms with E-state index in [0.717, 1.165) is 4.90 Å². The van der Waals surface area contributed by atoms with Crippen LogP contribution in [-0.4, -0.2) is 44.2 Å². The minimum Gasteiger partial charge on any atom is -0.465 e. The van der Waals surface area contributed by atoms with Crippen molar-refractivity contribution >= 4 is 47.0 Å². The van der Waals surface area contributed by atoms with Gasteiger partial charge in [-0.3, -0.25) is 0 Å². The van der Waals surface area contributed by atoms with Crippen molar-refractivity contribution in [1.29, 1.82) is 0 Å². The van der Waals surface area contributed by atoms with E-state index in [1.165, 1.54) is 6.08 Å². The van der Waals surface area contributed by atoms with E-state index in [-0.39, 0.29) is 13.1 Å². The average Bonchev–Trinajstić information content (AvgIpc) is 1.99. The number of halogens is 3. The van der Waals surface area contributed by atoms with Crippen molar-refractivity contribution in [3.8, 4) is 0 Å². The summed E-state index contributed by atoms with van der Waals surface area (Å²) in [6.07, 6.45) is -1.05. The van der Waals surface area contributed by atoms with Crippen molar-refractivity contribution in [3.63, 3.8) is 0 Å². The topological polar surface area (TPSA) is 104 Å². The molecule has 4 N–H and O–H groups in total. The number of amides is 2. The minimum absolute atomic E-state index is 0.142. The quantitative estimate of drug-likeness (QED) is 0.548. The van der Waals surface area contributed by atoms with Gasteiger partial charge in [0.15, 0.2) is 0 Å². The molecule has 0 bridgehead atoms. The fourth-order valence-corrected chi connectivity index (χ4v) is 1.02. The fourth-order valence-electron chi connectivity index (χ4n) is 0.583. The highest BCUT2D eigenvalue weighted by atomic mass is 35.6. The third kappa shape index (κ3) is 15.6. The molecule has 0 rings (SSSR count). The van der Waals surface area contributed by atoms with E-state index in [1.54, 1.807) is 0 Å². The van der Waals surface area contributed by atoms with Crippen molar-refractivity contribution < 1.29 is 19.8 Å². The lowest BCUT2D eigenvalue weighted by Crippen LogP contribution is -2.36. The molecule has 0 radical (unpaired) electrons. The third-order valence-corrected chi connectivity index (χ3v) is 1.35. The second-order valence-corrected chi connectivity index (χ2v) is 4.92. The normalized spacial score (nSPS) is 9.69. The Hall–Kier alpha value is -0.850. The smallest absolute Gasteiger partial charge is 0.407 e. The summed E-state index contributed by atoms with van der Waals surface area (Å²) < 4.78 is -1.58. The number of nitrogens with zero attached hydrogens (tertiary/aromatic N) is 1. The summed E-state index contributed by atoms with van der Waals surface area (Å²) >= 11 is 16.2. The second-order valence-electron chi connectivity index (χ2n) is 2.41. The third-order valence-electron chi connectivity index (χ3n) is 0.990. The van der Waals surface area contributed by atoms with Crippen LogP contribution >= 0.6 is 34.8 Å². The summed E-state index contributed by atoms with van der Waals surface area (Å²) in [5, 5.41) is 15.8. The SMILES string of the molecule is C=CCN(CC(Cl)(Cl)Cl)C(=O)O.NC(=O)O. The van der Waals surface area contributed by atoms with Crippen LogP contribution in [0.15, 0.2) is 12.7 Å². The molecule has 6 nitrogen and oxygen atoms in total. The Bertz CT molecular complexity index is 251. The number of nitrogens with two attached hydrogens (primary N) is 1. The van der Waals surface area contributed by atoms with E-state index in [9.17, 15) is 4.79 Å². The first kappa shape index (κ1) is 17.5. The van der Waals surface area contributed by atoms with Gasteiger partial charge in [0, 0.05) is 6.54 Å². The van der Waals surface area contributed by atoms with Crippen molar-refractivity contribution in [2.24, 2.45) is 5.73 Å². The van der Waals surface area contributed by atoms with Gasteiger partial charge in [0.25, 0.3) is 0 Å². The van der Waals surface area contributed by atoms with Gasteiger partial charge in [0.2, 0.25) is 3.79 Å². The molecule has 9 heteroatoms. The molecule has 16 heavy (non-hydrogen) atoms. The Morgan fingerprint density at radius 2 is 1.75 bits per heavy atom. The van der Waals surface area contributed by atoms with E-state index < -0.39 is 16.0 Å². The number of primary amides is 1. The maximum Gasteiger partial charge on any atom is 0.407 e. The van der Waals surface area contributed by atoms with Gasteiger partial charge < -0.3 is 20.8 Å². The molecule has 0 saturated carbocycles. The van der Waals surface area contributed by atoms with E-state index in [4.69, 9.17) is 49.8 Å². The highest BCUT2D eigenvalue weighted by molar-refractivity contribution is 6.67. The maximum atomic E-state index is 10.5. The molecule has 0 aromatic rings. The van der Waals surface area contributed by atoms with Crippen LogP contribution < -0.4 is 5.73 Å². The summed E-state index contributed by atoms with van der Waals surface area (Å²) in [4.78, 5) is 20.2. The lowest BCUT2D eigenvalue weighted by atomic mass is 10.5. The first-order valence-corrected chi connectivity index (χ1v) is 4.87. The molecule has 0 aliphatic rings. The van der Waals surface area contributed by atoms with Crippen molar-refractivity contribution in [2.45, 2.75) is 3.79 Å². The highest BCUT2D eigenvalue weighted by Crippen LogP contribution is 2.26. The van der Waals surface area contributed by atoms with E-state index >= 15 is 0 Å². The molecule has 2 amide bonds. The molecule has 0 heterocycles. The zero-order valence-corrected chi connectivity index (χ0v) is 10.3. The minimum atomic E-state index is -1.58. The van der Waals surface area contributed by atoms with Gasteiger partial charge in [0.1, 0.15) is 0 Å². The van der Waals surface area contributed by atoms with E-state index in [1.807, 2.05) is 0 Å². The molecule has 94 valence electrons. The lowest BCUT2D eigenvalue weighted by molar-refractivity contribution is 0.151. The number of rotatable bonds is 3. The molecular formula is C7H11Cl3N2O4. The summed E-state index contributed by atoms with van der Waals surface area (Å²) in [6.45, 7) is 3.35. The van der Waals surface area contributed by atoms with Crippen LogP contribution in [0.3, 0.4) is 0 Å². The number of hydrogen-bond acceptors (Lipinski definition) is 2. The molecule has 0 aliphatic carbocycles. The molecule has 0 aromatic heterocycles. The van der Waals surface area contributed by atoms with Gasteiger partial charge >= 0.3 is 12.2 Å². The summed E-state index contributed by atoms with van der Waals surface area (Å²) in [5.41, 5.74) is 4.03. The lowest BCUT2D eigenvalue weighted by Gasteiger charge is -2.21. The summed E-state index contributed by atoms with van der Waals surface area (Å²) in [7, 11) is 0. The van der Waals surface area contributed by atoms with Crippen LogP contribution in [0.1, 0.15) is 0 Å². The molecule has 0 saturated heterocycles. The molecule has 0 atom stereocenters. The predicted octanol–water partition coefficient (Wildman–Crippen LogP) is 2.15. The molecular weight excluding hydrogens is 282 g/mol. The Balaban J connectivity index is 0. The molecule has 0 unspecified atom stereocenters. The van der Waals surface area contributed by atoms with Crippen LogP contribution in [0.4, 0.5) is 9.59 Å². The van der Waals surface area contributed by atoms with E-state index in [0.29, 0.717) is 0 Å². The summed E-state index contributed by atoms with van der Waals surface area (Å²) in [5.74, 6) is 0. The number of hydrogen-bond donors (Lipinski definition) is 3. The molecule has 0 aromatic carbocycles. The standard InChI is InChI=1S/C6H8Cl3NO2.CH3NO2/c1-2-3-10(5(11)12)4-6(7,8)9;2-1(3)4/h2H,1,3-4H2,(H,11,12);2H2,(H,3,4). The Morgan fingerprint density at radius 1 is 1.38 bits per heavy atom. The fraction of sp³-hybridized carbons (Fsp3) is 0.429. The number of alkyl halides is 3. The summed E-state index contributed by atoms with van der Waals surface area (Å²) in [6, 6.07) is 0. The van der Waals surface area contributed by atoms with Gasteiger partial charge in [-0.2, -0.15) is 0 Å². The molecule has 0 spiro atoms. The van der Waals surface area contributed by atoms with Crippen LogP contribution in [0.5, 0.6) is 0 Å². The zero-order valence-electron chi connectivity index (χ0n) is 8.07. The van der Waals surface area contributed by atoms with Crippen molar-refractivity contribution in [2.75, 3.05) is 13.1 Å². The van der Waals surface area contributed by atoms with E-state index in [2.05, 4.69) is 12.3 Å². The second kappa shape index (κ2) is 8.32. The first-order chi connectivity index (χ1) is 7.10. The Kier molecular flexibility index (Phi) is 9.12. The highest BCUT2D eigenvalue weighted by Gasteiger charge is 2.25. The number of carboxylic acid groups (broad SMARTS) is 2. The van der Waals surface area contributed by atoms with Crippen molar-refractivity contribution in [1.82, 2.24) is 4.90 Å². The van der Waals surface area contributed by atoms with Crippen molar-refractivity contribution in [3.05, 3.63) is 12.7 Å². The number of carbonyl (C=O) groups is 2. The molecule has 0 fully saturated rings. The van der Waals surface area contributed by atoms with Crippen LogP contribution in [0.2, 0.25) is 0 Å². The van der Waals surface area contributed by atoms with Gasteiger partial charge in [0.05, 0.1) is 6.54 Å². The van der Waals surface area contributed by atoms with Gasteiger partial charge in [-0.25, -0.2) is 9.59 Å². The van der Waals surface area contributed by atoms with Crippen LogP contribution in [0, 0.1) is 0 Å². The van der Waals surface area contributed by atoms with Crippen LogP contribution in [-0.2, 0) is 0 Å². The van der Waals surface area contributed by atoms with Gasteiger partial charge in [-0.1, -0.05) is 40.9 Å². The maximum absolute atomic E-state index is 10.5. The Morgan fingerprint density at radius 3 is 1.94 bits per heavy atom. The average molecular weight is 294 g/mol. The predicted molar refractivity (Wildman–Crippen MR) is 62.3 cm³/mol. The largest absolute Gasteiger partial charge is 0.465 e. The molecule has 0 aliphatic heterocycles. The monoisotopic (exact) mass is 292 g/mol.